The molecule has 0 radical (unpaired) electrons. The van der Waals surface area contributed by atoms with E-state index in [1.807, 2.05) is 0 Å². The van der Waals surface area contributed by atoms with Crippen molar-refractivity contribution in [3.63, 3.8) is 0 Å². The van der Waals surface area contributed by atoms with Crippen LogP contribution in [0.4, 0.5) is 0 Å². The fourth-order valence-electron chi connectivity index (χ4n) is 2.62. The quantitative estimate of drug-likeness (QED) is 0.666. The van der Waals surface area contributed by atoms with Gasteiger partial charge in [0, 0.05) is 0 Å². The molecule has 1 aromatic rings. The molecule has 1 aliphatic rings. The van der Waals surface area contributed by atoms with Crippen LogP contribution in [0.2, 0.25) is 0 Å². The van der Waals surface area contributed by atoms with E-state index in [0.717, 1.165) is 11.8 Å². The lowest BCUT2D eigenvalue weighted by atomic mass is 9.90. The van der Waals surface area contributed by atoms with Crippen molar-refractivity contribution >= 4 is 0 Å². The van der Waals surface area contributed by atoms with Gasteiger partial charge in [-0.3, -0.25) is 0 Å². The zero-order chi connectivity index (χ0) is 10.2. The number of benzene rings is 1. The van der Waals surface area contributed by atoms with E-state index in [9.17, 15) is 0 Å². The molecule has 0 heterocycles. The summed E-state index contributed by atoms with van der Waals surface area (Å²) in [6.07, 6.45) is 2.74. The molecule has 76 valence electrons. The van der Waals surface area contributed by atoms with Crippen LogP contribution in [0.3, 0.4) is 0 Å². The first-order valence-corrected chi connectivity index (χ1v) is 5.72. The Hall–Kier alpha value is -0.780. The van der Waals surface area contributed by atoms with Crippen LogP contribution in [0.15, 0.2) is 30.3 Å². The Kier molecular flexibility index (Phi) is 2.38. The molecule has 0 N–H and O–H groups in total. The molecule has 0 aliphatic heterocycles. The minimum absolute atomic E-state index is 0.634. The van der Waals surface area contributed by atoms with E-state index in [1.54, 1.807) is 0 Å². The van der Waals surface area contributed by atoms with E-state index in [4.69, 9.17) is 0 Å². The van der Waals surface area contributed by atoms with Crippen LogP contribution in [-0.2, 0) is 0 Å². The van der Waals surface area contributed by atoms with Gasteiger partial charge >= 0.3 is 0 Å². The highest BCUT2D eigenvalue weighted by Crippen LogP contribution is 2.60. The third-order valence-corrected chi connectivity index (χ3v) is 4.16. The molecule has 0 heteroatoms. The normalized spacial score (nSPS) is 32.6. The summed E-state index contributed by atoms with van der Waals surface area (Å²) in [5.74, 6) is 1.65. The van der Waals surface area contributed by atoms with E-state index >= 15 is 0 Å². The van der Waals surface area contributed by atoms with Gasteiger partial charge in [0.1, 0.15) is 0 Å². The molecule has 0 saturated heterocycles. The lowest BCUT2D eigenvalue weighted by molar-refractivity contribution is 0.449. The number of hydrogen-bond acceptors (Lipinski definition) is 0. The molecule has 1 fully saturated rings. The zero-order valence-corrected chi connectivity index (χ0v) is 9.46. The fraction of sp³-hybridized carbons (Fsp3) is 0.571. The predicted octanol–water partition coefficient (Wildman–Crippen LogP) is 4.23. The molecule has 0 aromatic heterocycles. The van der Waals surface area contributed by atoms with Crippen molar-refractivity contribution in [1.29, 1.82) is 0 Å². The molecular formula is C14H20. The second-order valence-electron chi connectivity index (χ2n) is 5.02. The average Bonchev–Trinajstić information content (AvgIpc) is 2.92. The van der Waals surface area contributed by atoms with Crippen molar-refractivity contribution in [2.45, 2.75) is 39.5 Å². The van der Waals surface area contributed by atoms with Crippen molar-refractivity contribution in [2.24, 2.45) is 11.3 Å². The molecule has 1 unspecified atom stereocenters. The largest absolute Gasteiger partial charge is 0.0649 e. The van der Waals surface area contributed by atoms with Gasteiger partial charge in [0.05, 0.1) is 0 Å². The predicted molar refractivity (Wildman–Crippen MR) is 61.4 cm³/mol. The molecule has 0 spiro atoms. The Morgan fingerprint density at radius 3 is 2.50 bits per heavy atom. The second kappa shape index (κ2) is 3.42. The molecule has 0 nitrogen and oxygen atoms in total. The lowest BCUT2D eigenvalue weighted by Crippen LogP contribution is -2.03. The van der Waals surface area contributed by atoms with Gasteiger partial charge in [0.2, 0.25) is 0 Å². The Morgan fingerprint density at radius 1 is 1.36 bits per heavy atom. The summed E-state index contributed by atoms with van der Waals surface area (Å²) in [5, 5.41) is 0. The van der Waals surface area contributed by atoms with Crippen LogP contribution in [0.1, 0.15) is 45.1 Å². The Morgan fingerprint density at radius 2 is 2.00 bits per heavy atom. The van der Waals surface area contributed by atoms with Gasteiger partial charge in [-0.15, -0.1) is 0 Å². The van der Waals surface area contributed by atoms with E-state index in [1.165, 1.54) is 18.4 Å². The lowest BCUT2D eigenvalue weighted by Gasteiger charge is -2.15. The molecule has 1 aliphatic carbocycles. The second-order valence-corrected chi connectivity index (χ2v) is 5.02. The van der Waals surface area contributed by atoms with Crippen molar-refractivity contribution in [2.75, 3.05) is 0 Å². The summed E-state index contributed by atoms with van der Waals surface area (Å²) in [7, 11) is 0. The first kappa shape index (κ1) is 9.76. The van der Waals surface area contributed by atoms with Gasteiger partial charge < -0.3 is 0 Å². The van der Waals surface area contributed by atoms with E-state index in [-0.39, 0.29) is 0 Å². The van der Waals surface area contributed by atoms with Crippen LogP contribution in [-0.4, -0.2) is 0 Å². The van der Waals surface area contributed by atoms with Gasteiger partial charge in [0.25, 0.3) is 0 Å². The van der Waals surface area contributed by atoms with Gasteiger partial charge in [0.15, 0.2) is 0 Å². The third kappa shape index (κ3) is 1.58. The van der Waals surface area contributed by atoms with Crippen LogP contribution >= 0.6 is 0 Å². The van der Waals surface area contributed by atoms with Gasteiger partial charge in [-0.2, -0.15) is 0 Å². The van der Waals surface area contributed by atoms with Crippen molar-refractivity contribution in [3.8, 4) is 0 Å². The minimum atomic E-state index is 0.634. The monoisotopic (exact) mass is 188 g/mol. The molecular weight excluding hydrogens is 168 g/mol. The Balaban J connectivity index is 2.08. The van der Waals surface area contributed by atoms with Gasteiger partial charge in [-0.05, 0) is 29.2 Å². The maximum absolute atomic E-state index is 2.43. The summed E-state index contributed by atoms with van der Waals surface area (Å²) in [5.41, 5.74) is 2.14. The SMILES string of the molecule is CC[C@@]1(C)C[C@H]1C(C)c1ccccc1. The maximum atomic E-state index is 2.43. The Labute approximate surface area is 87.3 Å². The summed E-state index contributed by atoms with van der Waals surface area (Å²) < 4.78 is 0. The van der Waals surface area contributed by atoms with Crippen LogP contribution in [0, 0.1) is 11.3 Å². The van der Waals surface area contributed by atoms with Crippen molar-refractivity contribution in [1.82, 2.24) is 0 Å². The smallest absolute Gasteiger partial charge is 0.0157 e. The van der Waals surface area contributed by atoms with Crippen LogP contribution < -0.4 is 0 Å². The zero-order valence-electron chi connectivity index (χ0n) is 9.46. The summed E-state index contributed by atoms with van der Waals surface area (Å²) in [6, 6.07) is 10.9. The first-order chi connectivity index (χ1) is 6.67. The molecule has 0 bridgehead atoms. The van der Waals surface area contributed by atoms with E-state index < -0.39 is 0 Å². The summed E-state index contributed by atoms with van der Waals surface area (Å²) in [4.78, 5) is 0. The molecule has 0 amide bonds. The summed E-state index contributed by atoms with van der Waals surface area (Å²) in [6.45, 7) is 7.12. The summed E-state index contributed by atoms with van der Waals surface area (Å²) >= 11 is 0. The number of rotatable bonds is 3. The van der Waals surface area contributed by atoms with Gasteiger partial charge in [-0.25, -0.2) is 0 Å². The van der Waals surface area contributed by atoms with Crippen LogP contribution in [0.5, 0.6) is 0 Å². The molecule has 14 heavy (non-hydrogen) atoms. The van der Waals surface area contributed by atoms with E-state index in [0.29, 0.717) is 5.41 Å². The first-order valence-electron chi connectivity index (χ1n) is 5.72. The Bertz CT molecular complexity index is 301. The topological polar surface area (TPSA) is 0 Å². The standard InChI is InChI=1S/C14H20/c1-4-14(3)10-13(14)11(2)12-8-6-5-7-9-12/h5-9,11,13H,4,10H2,1-3H3/t11?,13-,14-/m0/s1. The highest BCUT2D eigenvalue weighted by molar-refractivity contribution is 5.23. The molecule has 1 saturated carbocycles. The minimum Gasteiger partial charge on any atom is -0.0649 e. The molecule has 3 atom stereocenters. The maximum Gasteiger partial charge on any atom is -0.0157 e. The highest BCUT2D eigenvalue weighted by atomic mass is 14.5. The van der Waals surface area contributed by atoms with E-state index in [2.05, 4.69) is 51.1 Å². The third-order valence-electron chi connectivity index (χ3n) is 4.16. The van der Waals surface area contributed by atoms with Gasteiger partial charge in [-0.1, -0.05) is 57.5 Å². The average molecular weight is 188 g/mol. The molecule has 1 aromatic carbocycles. The van der Waals surface area contributed by atoms with Crippen LogP contribution in [0.25, 0.3) is 0 Å². The fourth-order valence-corrected chi connectivity index (χ4v) is 2.62. The highest BCUT2D eigenvalue weighted by Gasteiger charge is 2.50. The number of hydrogen-bond donors (Lipinski definition) is 0. The van der Waals surface area contributed by atoms with Crippen molar-refractivity contribution < 1.29 is 0 Å². The molecule has 2 rings (SSSR count). The van der Waals surface area contributed by atoms with Crippen molar-refractivity contribution in [3.05, 3.63) is 35.9 Å².